The van der Waals surface area contributed by atoms with Crippen molar-refractivity contribution in [3.05, 3.63) is 0 Å². The summed E-state index contributed by atoms with van der Waals surface area (Å²) in [6, 6.07) is 0. The zero-order valence-electron chi connectivity index (χ0n) is 3.38. The van der Waals surface area contributed by atoms with Crippen LogP contribution in [0.25, 0.3) is 0 Å². The molecule has 0 atom stereocenters. The molecule has 1 N–H and O–H groups in total. The fraction of sp³-hybridized carbons (Fsp3) is 1.00. The van der Waals surface area contributed by atoms with Gasteiger partial charge in [0.25, 0.3) is 10.1 Å². The Morgan fingerprint density at radius 2 is 1.71 bits per heavy atom. The Bertz CT molecular complexity index is 115. The van der Waals surface area contributed by atoms with Gasteiger partial charge in [-0.1, -0.05) is 0 Å². The molecular formula is C2H8O3SSr. The molecular weight excluding hydrogens is 192 g/mol. The van der Waals surface area contributed by atoms with Crippen LogP contribution in [0.4, 0.5) is 0 Å². The summed E-state index contributed by atoms with van der Waals surface area (Å²) in [7, 11) is -3.66. The molecule has 42 valence electrons. The average molecular weight is 200 g/mol. The molecule has 7 heavy (non-hydrogen) atoms. The molecule has 0 aromatic carbocycles. The van der Waals surface area contributed by atoms with Gasteiger partial charge in [0.2, 0.25) is 0 Å². The zero-order chi connectivity index (χ0) is 5.21. The number of hydrogen-bond acceptors (Lipinski definition) is 2. The van der Waals surface area contributed by atoms with Gasteiger partial charge in [-0.15, -0.1) is 0 Å². The maximum atomic E-state index is 9.56. The molecule has 0 heterocycles. The van der Waals surface area contributed by atoms with Crippen molar-refractivity contribution in [2.45, 2.75) is 6.92 Å². The van der Waals surface area contributed by atoms with E-state index in [-0.39, 0.29) is 51.2 Å². The molecule has 0 bridgehead atoms. The average Bonchev–Trinajstić information content (AvgIpc) is 1.35. The van der Waals surface area contributed by atoms with E-state index in [2.05, 4.69) is 0 Å². The minimum absolute atomic E-state index is 0. The normalized spacial score (nSPS) is 10.0. The maximum absolute atomic E-state index is 9.56. The first-order valence-electron chi connectivity index (χ1n) is 1.51. The first kappa shape index (κ1) is 11.2. The van der Waals surface area contributed by atoms with E-state index in [9.17, 15) is 8.42 Å². The molecule has 0 unspecified atom stereocenters. The predicted molar refractivity (Wildman–Crippen MR) is 30.6 cm³/mol. The summed E-state index contributed by atoms with van der Waals surface area (Å²) in [6.07, 6.45) is 0. The van der Waals surface area contributed by atoms with Gasteiger partial charge < -0.3 is 0 Å². The van der Waals surface area contributed by atoms with E-state index >= 15 is 0 Å². The Kier molecular flexibility index (Phi) is 6.87. The van der Waals surface area contributed by atoms with Crippen LogP contribution in [-0.4, -0.2) is 64.2 Å². The molecule has 3 nitrogen and oxygen atoms in total. The molecule has 0 amide bonds. The van der Waals surface area contributed by atoms with E-state index < -0.39 is 10.1 Å². The minimum atomic E-state index is -3.66. The fourth-order valence-electron chi connectivity index (χ4n) is 0. The summed E-state index contributed by atoms with van der Waals surface area (Å²) in [6.45, 7) is 1.37. The third-order valence-corrected chi connectivity index (χ3v) is 1.09. The molecule has 0 radical (unpaired) electrons. The number of rotatable bonds is 1. The van der Waals surface area contributed by atoms with Crippen LogP contribution in [0, 0.1) is 0 Å². The van der Waals surface area contributed by atoms with Gasteiger partial charge in [-0.2, -0.15) is 8.42 Å². The molecule has 0 aliphatic rings. The quantitative estimate of drug-likeness (QED) is 0.435. The Balaban J connectivity index is 0. The standard InChI is InChI=1S/C2H6O3S.Sr.2H/c1-2-6(3,4)5;;;/h2H2,1H3,(H,3,4,5);;;. The number of hydrogen-bond donors (Lipinski definition) is 1. The van der Waals surface area contributed by atoms with E-state index in [1.807, 2.05) is 0 Å². The summed E-state index contributed by atoms with van der Waals surface area (Å²) in [5.41, 5.74) is 0. The summed E-state index contributed by atoms with van der Waals surface area (Å²) in [5.74, 6) is -0.201. The molecule has 0 aromatic rings. The van der Waals surface area contributed by atoms with Crippen molar-refractivity contribution < 1.29 is 13.0 Å². The van der Waals surface area contributed by atoms with E-state index in [1.165, 1.54) is 6.92 Å². The molecule has 0 spiro atoms. The second kappa shape index (κ2) is 4.29. The topological polar surface area (TPSA) is 54.4 Å². The third-order valence-electron chi connectivity index (χ3n) is 0.365. The van der Waals surface area contributed by atoms with E-state index in [0.29, 0.717) is 0 Å². The van der Waals surface area contributed by atoms with Gasteiger partial charge in [-0.25, -0.2) is 0 Å². The van der Waals surface area contributed by atoms with Gasteiger partial charge in [-0.3, -0.25) is 4.55 Å². The van der Waals surface area contributed by atoms with Crippen LogP contribution in [0.1, 0.15) is 6.92 Å². The van der Waals surface area contributed by atoms with Crippen LogP contribution >= 0.6 is 0 Å². The second-order valence-corrected chi connectivity index (χ2v) is 2.61. The summed E-state index contributed by atoms with van der Waals surface area (Å²) >= 11 is 0. The first-order valence-corrected chi connectivity index (χ1v) is 3.12. The molecule has 0 saturated heterocycles. The first-order chi connectivity index (χ1) is 2.56. The van der Waals surface area contributed by atoms with Gasteiger partial charge in [0, 0.05) is 0 Å². The van der Waals surface area contributed by atoms with Crippen molar-refractivity contribution >= 4 is 55.6 Å². The molecule has 5 heteroatoms. The molecule has 0 saturated carbocycles. The van der Waals surface area contributed by atoms with Crippen molar-refractivity contribution in [2.75, 3.05) is 5.75 Å². The Labute approximate surface area is 80.1 Å². The van der Waals surface area contributed by atoms with Gasteiger partial charge >= 0.3 is 45.5 Å². The van der Waals surface area contributed by atoms with Gasteiger partial charge in [-0.05, 0) is 6.92 Å². The van der Waals surface area contributed by atoms with Crippen molar-refractivity contribution in [1.29, 1.82) is 0 Å². The Morgan fingerprint density at radius 3 is 1.71 bits per heavy atom. The van der Waals surface area contributed by atoms with Gasteiger partial charge in [0.05, 0.1) is 5.75 Å². The third kappa shape index (κ3) is 11.1. The van der Waals surface area contributed by atoms with Crippen molar-refractivity contribution in [3.8, 4) is 0 Å². The van der Waals surface area contributed by atoms with Crippen LogP contribution in [-0.2, 0) is 10.1 Å². The summed E-state index contributed by atoms with van der Waals surface area (Å²) in [5, 5.41) is 0. The Hall–Kier alpha value is 1.39. The molecule has 0 aromatic heterocycles. The monoisotopic (exact) mass is 200 g/mol. The van der Waals surface area contributed by atoms with E-state index in [1.54, 1.807) is 0 Å². The van der Waals surface area contributed by atoms with Crippen molar-refractivity contribution in [1.82, 2.24) is 0 Å². The second-order valence-electron chi connectivity index (χ2n) is 0.871. The Morgan fingerprint density at radius 1 is 1.57 bits per heavy atom. The van der Waals surface area contributed by atoms with E-state index in [0.717, 1.165) is 0 Å². The van der Waals surface area contributed by atoms with Crippen LogP contribution < -0.4 is 0 Å². The van der Waals surface area contributed by atoms with Crippen LogP contribution in [0.5, 0.6) is 0 Å². The van der Waals surface area contributed by atoms with Gasteiger partial charge in [0.15, 0.2) is 0 Å². The molecule has 0 aliphatic carbocycles. The summed E-state index contributed by atoms with van der Waals surface area (Å²) < 4.78 is 26.9. The van der Waals surface area contributed by atoms with Crippen LogP contribution in [0.2, 0.25) is 0 Å². The molecule has 0 fully saturated rings. The van der Waals surface area contributed by atoms with Gasteiger partial charge in [0.1, 0.15) is 0 Å². The molecule has 0 rings (SSSR count). The fourth-order valence-corrected chi connectivity index (χ4v) is 0. The van der Waals surface area contributed by atoms with Crippen LogP contribution in [0.3, 0.4) is 0 Å². The molecule has 0 aliphatic heterocycles. The van der Waals surface area contributed by atoms with E-state index in [4.69, 9.17) is 4.55 Å². The zero-order valence-corrected chi connectivity index (χ0v) is 4.20. The SMILES string of the molecule is CCS(=O)(=O)O.[SrH2]. The van der Waals surface area contributed by atoms with Crippen LogP contribution in [0.15, 0.2) is 0 Å². The predicted octanol–water partition coefficient (Wildman–Crippen LogP) is -1.02. The van der Waals surface area contributed by atoms with Crippen molar-refractivity contribution in [3.63, 3.8) is 0 Å². The van der Waals surface area contributed by atoms with Crippen molar-refractivity contribution in [2.24, 2.45) is 0 Å². The summed E-state index contributed by atoms with van der Waals surface area (Å²) in [4.78, 5) is 0.